The van der Waals surface area contributed by atoms with Crippen molar-refractivity contribution in [2.45, 2.75) is 0 Å². The molecule has 2 N–H and O–H groups in total. The lowest BCUT2D eigenvalue weighted by atomic mass is 10.1. The second-order valence-electron chi connectivity index (χ2n) is 4.43. The van der Waals surface area contributed by atoms with E-state index in [0.29, 0.717) is 16.9 Å². The minimum atomic E-state index is -0.430. The molecular formula is C14H11N5O2. The minimum Gasteiger partial charge on any atom is -0.399 e. The maximum Gasteiger partial charge on any atom is 0.270 e. The summed E-state index contributed by atoms with van der Waals surface area (Å²) < 4.78 is 1.61. The van der Waals surface area contributed by atoms with Crippen LogP contribution in [-0.4, -0.2) is 19.9 Å². The molecule has 1 aromatic heterocycles. The van der Waals surface area contributed by atoms with Gasteiger partial charge in [-0.2, -0.15) is 0 Å². The van der Waals surface area contributed by atoms with E-state index in [1.807, 2.05) is 12.1 Å². The predicted molar refractivity (Wildman–Crippen MR) is 77.9 cm³/mol. The Balaban J connectivity index is 2.08. The summed E-state index contributed by atoms with van der Waals surface area (Å²) in [6.45, 7) is 0. The summed E-state index contributed by atoms with van der Waals surface area (Å²) in [6, 6.07) is 13.5. The zero-order valence-corrected chi connectivity index (χ0v) is 10.9. The van der Waals surface area contributed by atoms with Crippen LogP contribution in [-0.2, 0) is 0 Å². The van der Waals surface area contributed by atoms with Crippen LogP contribution in [0.4, 0.5) is 11.4 Å². The monoisotopic (exact) mass is 281 g/mol. The summed E-state index contributed by atoms with van der Waals surface area (Å²) in [4.78, 5) is 10.4. The van der Waals surface area contributed by atoms with Crippen LogP contribution in [0.2, 0.25) is 0 Å². The van der Waals surface area contributed by atoms with Gasteiger partial charge in [0.05, 0.1) is 22.5 Å². The largest absolute Gasteiger partial charge is 0.399 e. The van der Waals surface area contributed by atoms with Gasteiger partial charge in [0.2, 0.25) is 0 Å². The third kappa shape index (κ3) is 2.44. The summed E-state index contributed by atoms with van der Waals surface area (Å²) in [7, 11) is 0. The van der Waals surface area contributed by atoms with Crippen LogP contribution in [0, 0.1) is 10.1 Å². The van der Waals surface area contributed by atoms with Crippen molar-refractivity contribution in [3.05, 3.63) is 64.8 Å². The highest BCUT2D eigenvalue weighted by Crippen LogP contribution is 2.25. The number of nitro groups is 1. The average Bonchev–Trinajstić information content (AvgIpc) is 2.97. The van der Waals surface area contributed by atoms with Crippen molar-refractivity contribution in [1.82, 2.24) is 15.0 Å². The highest BCUT2D eigenvalue weighted by Gasteiger charge is 2.12. The molecule has 104 valence electrons. The second-order valence-corrected chi connectivity index (χ2v) is 4.43. The predicted octanol–water partition coefficient (Wildman–Crippen LogP) is 2.42. The topological polar surface area (TPSA) is 99.9 Å². The quantitative estimate of drug-likeness (QED) is 0.451. The molecule has 3 aromatic rings. The van der Waals surface area contributed by atoms with E-state index in [0.717, 1.165) is 5.69 Å². The first-order valence-corrected chi connectivity index (χ1v) is 6.16. The van der Waals surface area contributed by atoms with Gasteiger partial charge in [0.1, 0.15) is 0 Å². The van der Waals surface area contributed by atoms with Gasteiger partial charge in [0, 0.05) is 23.4 Å². The number of rotatable bonds is 3. The van der Waals surface area contributed by atoms with Crippen molar-refractivity contribution in [2.24, 2.45) is 0 Å². The number of anilines is 1. The molecule has 0 atom stereocenters. The summed E-state index contributed by atoms with van der Waals surface area (Å²) in [6.07, 6.45) is 1.56. The number of non-ortho nitro benzene ring substituents is 1. The van der Waals surface area contributed by atoms with Crippen molar-refractivity contribution in [2.75, 3.05) is 5.73 Å². The Morgan fingerprint density at radius 3 is 2.62 bits per heavy atom. The SMILES string of the molecule is Nc1ccc(-n2nncc2-c2cccc([N+](=O)[O-])c2)cc1. The molecule has 7 nitrogen and oxygen atoms in total. The Morgan fingerprint density at radius 1 is 1.14 bits per heavy atom. The van der Waals surface area contributed by atoms with E-state index in [1.54, 1.807) is 35.1 Å². The van der Waals surface area contributed by atoms with Crippen LogP contribution in [0.3, 0.4) is 0 Å². The van der Waals surface area contributed by atoms with Gasteiger partial charge in [-0.1, -0.05) is 17.3 Å². The van der Waals surface area contributed by atoms with E-state index in [2.05, 4.69) is 10.3 Å². The Hall–Kier alpha value is -3.22. The molecule has 0 saturated carbocycles. The molecule has 0 aliphatic carbocycles. The fraction of sp³-hybridized carbons (Fsp3) is 0. The third-order valence-electron chi connectivity index (χ3n) is 3.04. The highest BCUT2D eigenvalue weighted by atomic mass is 16.6. The zero-order chi connectivity index (χ0) is 14.8. The van der Waals surface area contributed by atoms with Gasteiger partial charge in [-0.15, -0.1) is 5.10 Å². The van der Waals surface area contributed by atoms with Gasteiger partial charge in [0.25, 0.3) is 5.69 Å². The fourth-order valence-electron chi connectivity index (χ4n) is 2.02. The van der Waals surface area contributed by atoms with E-state index in [4.69, 9.17) is 5.73 Å². The lowest BCUT2D eigenvalue weighted by molar-refractivity contribution is -0.384. The lowest BCUT2D eigenvalue weighted by Crippen LogP contribution is -2.00. The van der Waals surface area contributed by atoms with Crippen molar-refractivity contribution in [3.8, 4) is 16.9 Å². The number of nitro benzene ring substituents is 1. The summed E-state index contributed by atoms with van der Waals surface area (Å²) in [5.74, 6) is 0. The molecule has 0 amide bonds. The maximum atomic E-state index is 10.9. The first-order valence-electron chi connectivity index (χ1n) is 6.16. The molecule has 0 unspecified atom stereocenters. The average molecular weight is 281 g/mol. The number of nitrogens with zero attached hydrogens (tertiary/aromatic N) is 4. The number of hydrogen-bond donors (Lipinski definition) is 1. The van der Waals surface area contributed by atoms with Crippen molar-refractivity contribution in [3.63, 3.8) is 0 Å². The summed E-state index contributed by atoms with van der Waals surface area (Å²) in [5.41, 5.74) is 8.46. The van der Waals surface area contributed by atoms with E-state index < -0.39 is 4.92 Å². The Bertz CT molecular complexity index is 795. The third-order valence-corrected chi connectivity index (χ3v) is 3.04. The van der Waals surface area contributed by atoms with Gasteiger partial charge in [0.15, 0.2) is 0 Å². The summed E-state index contributed by atoms with van der Waals surface area (Å²) in [5, 5.41) is 18.8. The standard InChI is InChI=1S/C14H11N5O2/c15-11-4-6-12(7-5-11)18-14(9-16-17-18)10-2-1-3-13(8-10)19(20)21/h1-9H,15H2. The van der Waals surface area contributed by atoms with Crippen LogP contribution in [0.5, 0.6) is 0 Å². The fourth-order valence-corrected chi connectivity index (χ4v) is 2.02. The molecule has 0 fully saturated rings. The van der Waals surface area contributed by atoms with E-state index in [-0.39, 0.29) is 5.69 Å². The Morgan fingerprint density at radius 2 is 1.90 bits per heavy atom. The van der Waals surface area contributed by atoms with Gasteiger partial charge >= 0.3 is 0 Å². The minimum absolute atomic E-state index is 0.0255. The molecular weight excluding hydrogens is 270 g/mol. The first kappa shape index (κ1) is 12.8. The highest BCUT2D eigenvalue weighted by molar-refractivity contribution is 5.64. The number of nitrogens with two attached hydrogens (primary N) is 1. The Labute approximate surface area is 119 Å². The number of aromatic nitrogens is 3. The van der Waals surface area contributed by atoms with Crippen molar-refractivity contribution in [1.29, 1.82) is 0 Å². The maximum absolute atomic E-state index is 10.9. The van der Waals surface area contributed by atoms with Crippen LogP contribution >= 0.6 is 0 Å². The molecule has 0 aliphatic rings. The van der Waals surface area contributed by atoms with Crippen LogP contribution in [0.15, 0.2) is 54.7 Å². The van der Waals surface area contributed by atoms with E-state index >= 15 is 0 Å². The molecule has 0 bridgehead atoms. The van der Waals surface area contributed by atoms with Gasteiger partial charge in [-0.25, -0.2) is 4.68 Å². The summed E-state index contributed by atoms with van der Waals surface area (Å²) >= 11 is 0. The first-order chi connectivity index (χ1) is 10.1. The zero-order valence-electron chi connectivity index (χ0n) is 10.9. The second kappa shape index (κ2) is 5.04. The lowest BCUT2D eigenvalue weighted by Gasteiger charge is -2.06. The smallest absolute Gasteiger partial charge is 0.270 e. The van der Waals surface area contributed by atoms with Gasteiger partial charge < -0.3 is 5.73 Å². The molecule has 1 heterocycles. The molecule has 0 saturated heterocycles. The molecule has 0 aliphatic heterocycles. The van der Waals surface area contributed by atoms with Crippen LogP contribution in [0.1, 0.15) is 0 Å². The normalized spacial score (nSPS) is 10.5. The van der Waals surface area contributed by atoms with Gasteiger partial charge in [-0.3, -0.25) is 10.1 Å². The van der Waals surface area contributed by atoms with Crippen molar-refractivity contribution >= 4 is 11.4 Å². The Kier molecular flexibility index (Phi) is 3.07. The molecule has 7 heteroatoms. The number of hydrogen-bond acceptors (Lipinski definition) is 5. The molecule has 3 rings (SSSR count). The van der Waals surface area contributed by atoms with Crippen molar-refractivity contribution < 1.29 is 4.92 Å². The van der Waals surface area contributed by atoms with Crippen LogP contribution in [0.25, 0.3) is 16.9 Å². The number of nitrogen functional groups attached to an aromatic ring is 1. The van der Waals surface area contributed by atoms with E-state index in [9.17, 15) is 10.1 Å². The molecule has 2 aromatic carbocycles. The molecule has 0 spiro atoms. The van der Waals surface area contributed by atoms with E-state index in [1.165, 1.54) is 12.1 Å². The number of benzene rings is 2. The molecule has 0 radical (unpaired) electrons. The van der Waals surface area contributed by atoms with Crippen LogP contribution < -0.4 is 5.73 Å². The van der Waals surface area contributed by atoms with Gasteiger partial charge in [-0.05, 0) is 24.3 Å². The molecule has 21 heavy (non-hydrogen) atoms.